The summed E-state index contributed by atoms with van der Waals surface area (Å²) in [4.78, 5) is 0. The van der Waals surface area contributed by atoms with E-state index in [9.17, 15) is 0 Å². The maximum atomic E-state index is 3.66. The molecule has 1 aromatic carbocycles. The van der Waals surface area contributed by atoms with Crippen LogP contribution in [0.2, 0.25) is 0 Å². The summed E-state index contributed by atoms with van der Waals surface area (Å²) in [6.45, 7) is 9.15. The number of rotatable bonds is 9. The molecule has 1 atom stereocenters. The molecule has 1 N–H and O–H groups in total. The van der Waals surface area contributed by atoms with Crippen LogP contribution in [0.3, 0.4) is 0 Å². The van der Waals surface area contributed by atoms with E-state index in [1.807, 2.05) is 11.8 Å². The fraction of sp³-hybridized carbons (Fsp3) is 0.647. The van der Waals surface area contributed by atoms with E-state index in [1.54, 1.807) is 0 Å². The van der Waals surface area contributed by atoms with Gasteiger partial charge in [0.2, 0.25) is 0 Å². The van der Waals surface area contributed by atoms with Crippen LogP contribution >= 0.6 is 11.8 Å². The first-order valence-corrected chi connectivity index (χ1v) is 8.70. The van der Waals surface area contributed by atoms with E-state index < -0.39 is 0 Å². The molecule has 0 radical (unpaired) electrons. The van der Waals surface area contributed by atoms with E-state index in [0.717, 1.165) is 13.1 Å². The van der Waals surface area contributed by atoms with Gasteiger partial charge in [0.15, 0.2) is 0 Å². The fourth-order valence-corrected chi connectivity index (χ4v) is 3.27. The van der Waals surface area contributed by atoms with Gasteiger partial charge in [-0.2, -0.15) is 11.8 Å². The van der Waals surface area contributed by atoms with Crippen molar-refractivity contribution in [3.05, 3.63) is 35.9 Å². The van der Waals surface area contributed by atoms with Gasteiger partial charge >= 0.3 is 0 Å². The quantitative estimate of drug-likeness (QED) is 0.658. The summed E-state index contributed by atoms with van der Waals surface area (Å²) >= 11 is 2.01. The Balaban J connectivity index is 2.31. The van der Waals surface area contributed by atoms with Crippen molar-refractivity contribution >= 4 is 11.8 Å². The average Bonchev–Trinajstić information content (AvgIpc) is 2.49. The fourth-order valence-electron chi connectivity index (χ4n) is 2.44. The van der Waals surface area contributed by atoms with E-state index >= 15 is 0 Å². The highest BCUT2D eigenvalue weighted by molar-refractivity contribution is 8.00. The van der Waals surface area contributed by atoms with E-state index in [0.29, 0.717) is 10.7 Å². The summed E-state index contributed by atoms with van der Waals surface area (Å²) in [6.07, 6.45) is 5.93. The molecule has 1 nitrogen and oxygen atoms in total. The molecule has 0 saturated heterocycles. The van der Waals surface area contributed by atoms with Crippen molar-refractivity contribution in [1.82, 2.24) is 5.32 Å². The Morgan fingerprint density at radius 3 is 2.32 bits per heavy atom. The molecule has 19 heavy (non-hydrogen) atoms. The Kier molecular flexibility index (Phi) is 7.55. The highest BCUT2D eigenvalue weighted by atomic mass is 32.2. The summed E-state index contributed by atoms with van der Waals surface area (Å²) in [5.41, 5.74) is 1.45. The molecule has 0 heterocycles. The van der Waals surface area contributed by atoms with Gasteiger partial charge in [-0.05, 0) is 43.5 Å². The summed E-state index contributed by atoms with van der Waals surface area (Å²) in [6, 6.07) is 10.8. The Morgan fingerprint density at radius 2 is 1.79 bits per heavy atom. The van der Waals surface area contributed by atoms with Crippen LogP contribution < -0.4 is 5.32 Å². The van der Waals surface area contributed by atoms with Gasteiger partial charge in [-0.25, -0.2) is 0 Å². The molecule has 2 heteroatoms. The molecule has 0 amide bonds. The molecule has 0 fully saturated rings. The Morgan fingerprint density at radius 1 is 1.16 bits per heavy atom. The Bertz CT molecular complexity index is 324. The summed E-state index contributed by atoms with van der Waals surface area (Å²) in [7, 11) is 0. The second-order valence-corrected chi connectivity index (χ2v) is 6.65. The van der Waals surface area contributed by atoms with Gasteiger partial charge in [0.25, 0.3) is 0 Å². The molecule has 1 aromatic rings. The van der Waals surface area contributed by atoms with Gasteiger partial charge in [-0.15, -0.1) is 0 Å². The first kappa shape index (κ1) is 16.6. The van der Waals surface area contributed by atoms with Crippen molar-refractivity contribution in [2.45, 2.75) is 50.7 Å². The zero-order chi connectivity index (χ0) is 14.1. The van der Waals surface area contributed by atoms with Gasteiger partial charge in [0.05, 0.1) is 0 Å². The van der Waals surface area contributed by atoms with Crippen molar-refractivity contribution in [3.63, 3.8) is 0 Å². The summed E-state index contributed by atoms with van der Waals surface area (Å²) < 4.78 is 0.427. The lowest BCUT2D eigenvalue weighted by Crippen LogP contribution is -2.37. The number of hydrogen-bond acceptors (Lipinski definition) is 2. The maximum Gasteiger partial charge on any atom is 0.0276 e. The number of benzene rings is 1. The van der Waals surface area contributed by atoms with Crippen LogP contribution in [0.1, 0.15) is 51.5 Å². The van der Waals surface area contributed by atoms with Crippen LogP contribution in [0.25, 0.3) is 0 Å². The smallest absolute Gasteiger partial charge is 0.0276 e. The van der Waals surface area contributed by atoms with Crippen LogP contribution in [0.15, 0.2) is 30.3 Å². The maximum absolute atomic E-state index is 3.66. The molecule has 108 valence electrons. The second-order valence-electron chi connectivity index (χ2n) is 5.37. The number of nitrogens with one attached hydrogen (secondary N) is 1. The lowest BCUT2D eigenvalue weighted by molar-refractivity contribution is 0.482. The third-order valence-corrected chi connectivity index (χ3v) is 5.88. The Hall–Kier alpha value is -0.470. The summed E-state index contributed by atoms with van der Waals surface area (Å²) in [5.74, 6) is 0.639. The lowest BCUT2D eigenvalue weighted by atomic mass is 9.97. The van der Waals surface area contributed by atoms with Crippen molar-refractivity contribution in [2.75, 3.05) is 19.3 Å². The first-order chi connectivity index (χ1) is 9.17. The zero-order valence-electron chi connectivity index (χ0n) is 12.9. The second kappa shape index (κ2) is 8.65. The number of hydrogen-bond donors (Lipinski definition) is 1. The molecule has 1 unspecified atom stereocenters. The van der Waals surface area contributed by atoms with Crippen LogP contribution in [-0.2, 0) is 0 Å². The molecule has 0 saturated carbocycles. The normalized spacial score (nSPS) is 13.5. The van der Waals surface area contributed by atoms with Crippen LogP contribution in [-0.4, -0.2) is 24.1 Å². The molecule has 1 rings (SSSR count). The van der Waals surface area contributed by atoms with Crippen molar-refractivity contribution in [2.24, 2.45) is 0 Å². The lowest BCUT2D eigenvalue weighted by Gasteiger charge is -2.30. The highest BCUT2D eigenvalue weighted by Crippen LogP contribution is 2.29. The van der Waals surface area contributed by atoms with Gasteiger partial charge in [0, 0.05) is 11.3 Å². The van der Waals surface area contributed by atoms with Gasteiger partial charge in [0.1, 0.15) is 0 Å². The third-order valence-electron chi connectivity index (χ3n) is 4.29. The van der Waals surface area contributed by atoms with E-state index in [4.69, 9.17) is 0 Å². The molecule has 0 spiro atoms. The van der Waals surface area contributed by atoms with E-state index in [1.165, 1.54) is 24.8 Å². The standard InChI is InChI=1S/C17H29NS/c1-5-17(6-2,19-4)14-18-13-12-15(3)16-10-8-7-9-11-16/h7-11,15,18H,5-6,12-14H2,1-4H3. The summed E-state index contributed by atoms with van der Waals surface area (Å²) in [5, 5.41) is 3.66. The van der Waals surface area contributed by atoms with Crippen molar-refractivity contribution in [3.8, 4) is 0 Å². The molecule has 0 bridgehead atoms. The molecule has 0 aliphatic carbocycles. The molecule has 0 aromatic heterocycles. The van der Waals surface area contributed by atoms with Gasteiger partial charge in [-0.1, -0.05) is 51.1 Å². The minimum absolute atomic E-state index is 0.427. The minimum atomic E-state index is 0.427. The van der Waals surface area contributed by atoms with Crippen LogP contribution in [0.4, 0.5) is 0 Å². The average molecular weight is 279 g/mol. The van der Waals surface area contributed by atoms with Crippen LogP contribution in [0, 0.1) is 0 Å². The SMILES string of the molecule is CCC(CC)(CNCCC(C)c1ccccc1)SC. The molecular formula is C17H29NS. The van der Waals surface area contributed by atoms with Crippen molar-refractivity contribution in [1.29, 1.82) is 0 Å². The van der Waals surface area contributed by atoms with Crippen LogP contribution in [0.5, 0.6) is 0 Å². The van der Waals surface area contributed by atoms with Crippen molar-refractivity contribution < 1.29 is 0 Å². The zero-order valence-corrected chi connectivity index (χ0v) is 13.7. The third kappa shape index (κ3) is 5.19. The number of thioether (sulfide) groups is 1. The van der Waals surface area contributed by atoms with Gasteiger partial charge in [-0.3, -0.25) is 0 Å². The minimum Gasteiger partial charge on any atom is -0.315 e. The van der Waals surface area contributed by atoms with Gasteiger partial charge < -0.3 is 5.32 Å². The van der Waals surface area contributed by atoms with E-state index in [-0.39, 0.29) is 0 Å². The largest absolute Gasteiger partial charge is 0.315 e. The molecular weight excluding hydrogens is 250 g/mol. The Labute approximate surface area is 123 Å². The molecule has 0 aliphatic heterocycles. The first-order valence-electron chi connectivity index (χ1n) is 7.48. The monoisotopic (exact) mass is 279 g/mol. The predicted molar refractivity (Wildman–Crippen MR) is 89.2 cm³/mol. The highest BCUT2D eigenvalue weighted by Gasteiger charge is 2.23. The topological polar surface area (TPSA) is 12.0 Å². The predicted octanol–water partition coefficient (Wildman–Crippen LogP) is 4.69. The van der Waals surface area contributed by atoms with E-state index in [2.05, 4.69) is 62.7 Å². The molecule has 0 aliphatic rings.